The van der Waals surface area contributed by atoms with Crippen LogP contribution in [0, 0.1) is 5.41 Å². The Kier molecular flexibility index (Phi) is 4.89. The fourth-order valence-electron chi connectivity index (χ4n) is 1.23. The first-order valence-electron chi connectivity index (χ1n) is 5.38. The Balaban J connectivity index is 0.000000791. The number of rotatable bonds is 1. The minimum atomic E-state index is 0.0902. The van der Waals surface area contributed by atoms with Crippen LogP contribution in [0.3, 0.4) is 0 Å². The van der Waals surface area contributed by atoms with Gasteiger partial charge >= 0.3 is 0 Å². The number of amides is 1. The number of hydrogen-bond acceptors (Lipinski definition) is 1. The Morgan fingerprint density at radius 1 is 1.43 bits per heavy atom. The Hall–Kier alpha value is -0.790. The molecule has 1 amide bonds. The highest BCUT2D eigenvalue weighted by Gasteiger charge is 2.27. The lowest BCUT2D eigenvalue weighted by atomic mass is 9.91. The highest BCUT2D eigenvalue weighted by Crippen LogP contribution is 2.25. The minimum Gasteiger partial charge on any atom is -0.316 e. The second-order valence-corrected chi connectivity index (χ2v) is 4.60. The van der Waals surface area contributed by atoms with Crippen LogP contribution in [0.2, 0.25) is 0 Å². The molecule has 0 radical (unpaired) electrons. The van der Waals surface area contributed by atoms with E-state index in [-0.39, 0.29) is 11.3 Å². The van der Waals surface area contributed by atoms with Crippen LogP contribution < -0.4 is 0 Å². The Labute approximate surface area is 88.0 Å². The number of carbonyl (C=O) groups excluding carboxylic acids is 1. The van der Waals surface area contributed by atoms with Gasteiger partial charge in [0.1, 0.15) is 0 Å². The molecule has 0 spiro atoms. The molecular formula is C12H23NO. The predicted octanol–water partition coefficient (Wildman–Crippen LogP) is 3.19. The molecule has 14 heavy (non-hydrogen) atoms. The summed E-state index contributed by atoms with van der Waals surface area (Å²) in [5.41, 5.74) is 1.07. The molecule has 0 saturated carbocycles. The smallest absolute Gasteiger partial charge is 0.227 e. The Morgan fingerprint density at radius 2 is 1.93 bits per heavy atom. The maximum atomic E-state index is 11.5. The van der Waals surface area contributed by atoms with Crippen LogP contribution in [0.4, 0.5) is 0 Å². The van der Waals surface area contributed by atoms with Crippen molar-refractivity contribution in [3.05, 3.63) is 12.3 Å². The number of likely N-dealkylation sites (tertiary alicyclic amines) is 1. The van der Waals surface area contributed by atoms with Gasteiger partial charge in [0.25, 0.3) is 0 Å². The van der Waals surface area contributed by atoms with Gasteiger partial charge in [0.05, 0.1) is 0 Å². The quantitative estimate of drug-likeness (QED) is 0.632. The normalized spacial score (nSPS) is 15.5. The van der Waals surface area contributed by atoms with Crippen molar-refractivity contribution in [2.24, 2.45) is 5.41 Å². The highest BCUT2D eigenvalue weighted by molar-refractivity contribution is 5.79. The minimum absolute atomic E-state index is 0.0902. The van der Waals surface area contributed by atoms with E-state index in [2.05, 4.69) is 27.4 Å². The summed E-state index contributed by atoms with van der Waals surface area (Å²) in [6.07, 6.45) is 1.60. The monoisotopic (exact) mass is 197 g/mol. The molecule has 1 fully saturated rings. The van der Waals surface area contributed by atoms with Crippen LogP contribution in [0.15, 0.2) is 12.3 Å². The summed E-state index contributed by atoms with van der Waals surface area (Å²) >= 11 is 0. The fourth-order valence-corrected chi connectivity index (χ4v) is 1.23. The van der Waals surface area contributed by atoms with E-state index in [1.165, 1.54) is 0 Å². The van der Waals surface area contributed by atoms with E-state index >= 15 is 0 Å². The molecular weight excluding hydrogens is 174 g/mol. The topological polar surface area (TPSA) is 20.3 Å². The van der Waals surface area contributed by atoms with Gasteiger partial charge < -0.3 is 4.90 Å². The van der Waals surface area contributed by atoms with E-state index in [1.54, 1.807) is 4.90 Å². The van der Waals surface area contributed by atoms with Crippen molar-refractivity contribution in [1.82, 2.24) is 4.90 Å². The molecule has 2 heteroatoms. The van der Waals surface area contributed by atoms with Crippen LogP contribution >= 0.6 is 0 Å². The van der Waals surface area contributed by atoms with Gasteiger partial charge in [-0.2, -0.15) is 0 Å². The maximum absolute atomic E-state index is 11.5. The van der Waals surface area contributed by atoms with Crippen molar-refractivity contribution in [2.75, 3.05) is 6.54 Å². The Bertz CT molecular complexity index is 213. The molecule has 1 heterocycles. The lowest BCUT2D eigenvalue weighted by molar-refractivity contribution is -0.133. The lowest BCUT2D eigenvalue weighted by Gasteiger charge is -2.35. The number of hydrogen-bond donors (Lipinski definition) is 0. The van der Waals surface area contributed by atoms with Crippen LogP contribution in [-0.2, 0) is 4.79 Å². The van der Waals surface area contributed by atoms with Crippen LogP contribution in [0.25, 0.3) is 0 Å². The molecule has 2 nitrogen and oxygen atoms in total. The molecule has 0 aromatic rings. The SMILES string of the molecule is C=C1CCN1C(=O)CC(C)(C)C.CC. The third kappa shape index (κ3) is 3.95. The van der Waals surface area contributed by atoms with E-state index in [0.717, 1.165) is 18.7 Å². The van der Waals surface area contributed by atoms with Gasteiger partial charge in [0, 0.05) is 25.1 Å². The lowest BCUT2D eigenvalue weighted by Crippen LogP contribution is -2.40. The summed E-state index contributed by atoms with van der Waals surface area (Å²) in [6, 6.07) is 0. The van der Waals surface area contributed by atoms with Crippen molar-refractivity contribution in [1.29, 1.82) is 0 Å². The first kappa shape index (κ1) is 13.2. The van der Waals surface area contributed by atoms with Crippen molar-refractivity contribution in [3.8, 4) is 0 Å². The summed E-state index contributed by atoms with van der Waals surface area (Å²) in [4.78, 5) is 13.3. The first-order chi connectivity index (χ1) is 6.40. The second-order valence-electron chi connectivity index (χ2n) is 4.60. The van der Waals surface area contributed by atoms with Gasteiger partial charge in [0.2, 0.25) is 5.91 Å². The molecule has 1 saturated heterocycles. The number of carbonyl (C=O) groups is 1. The van der Waals surface area contributed by atoms with Crippen LogP contribution in [0.5, 0.6) is 0 Å². The van der Waals surface area contributed by atoms with Crippen LogP contribution in [0.1, 0.15) is 47.5 Å². The number of nitrogens with zero attached hydrogens (tertiary/aromatic N) is 1. The average molecular weight is 197 g/mol. The molecule has 82 valence electrons. The first-order valence-corrected chi connectivity index (χ1v) is 5.38. The molecule has 1 aliphatic rings. The van der Waals surface area contributed by atoms with Crippen molar-refractivity contribution in [2.45, 2.75) is 47.5 Å². The summed E-state index contributed by atoms with van der Waals surface area (Å²) < 4.78 is 0. The summed E-state index contributed by atoms with van der Waals surface area (Å²) in [6.45, 7) is 14.9. The summed E-state index contributed by atoms with van der Waals surface area (Å²) in [5, 5.41) is 0. The maximum Gasteiger partial charge on any atom is 0.227 e. The van der Waals surface area contributed by atoms with Gasteiger partial charge in [-0.05, 0) is 5.41 Å². The summed E-state index contributed by atoms with van der Waals surface area (Å²) in [5.74, 6) is 0.221. The molecule has 0 aromatic heterocycles. The Morgan fingerprint density at radius 3 is 2.14 bits per heavy atom. The van der Waals surface area contributed by atoms with Crippen LogP contribution in [-0.4, -0.2) is 17.4 Å². The van der Waals surface area contributed by atoms with E-state index < -0.39 is 0 Å². The molecule has 0 bridgehead atoms. The van der Waals surface area contributed by atoms with Crippen molar-refractivity contribution < 1.29 is 4.79 Å². The standard InChI is InChI=1S/C10H17NO.C2H6/c1-8-5-6-11(8)9(12)7-10(2,3)4;1-2/h1,5-7H2,2-4H3;1-2H3. The zero-order valence-corrected chi connectivity index (χ0v) is 10.2. The molecule has 0 atom stereocenters. The van der Waals surface area contributed by atoms with Gasteiger partial charge in [-0.3, -0.25) is 4.79 Å². The third-order valence-corrected chi connectivity index (χ3v) is 1.99. The molecule has 0 N–H and O–H groups in total. The van der Waals surface area contributed by atoms with Gasteiger partial charge in [-0.1, -0.05) is 41.2 Å². The zero-order valence-electron chi connectivity index (χ0n) is 10.2. The molecule has 1 aliphatic heterocycles. The second kappa shape index (κ2) is 5.18. The molecule has 0 unspecified atom stereocenters. The molecule has 0 aromatic carbocycles. The zero-order chi connectivity index (χ0) is 11.4. The van der Waals surface area contributed by atoms with Gasteiger partial charge in [0.15, 0.2) is 0 Å². The fraction of sp³-hybridized carbons (Fsp3) is 0.750. The highest BCUT2D eigenvalue weighted by atomic mass is 16.2. The van der Waals surface area contributed by atoms with E-state index in [1.807, 2.05) is 13.8 Å². The largest absolute Gasteiger partial charge is 0.316 e. The average Bonchev–Trinajstić information content (AvgIpc) is 2.02. The van der Waals surface area contributed by atoms with Gasteiger partial charge in [-0.25, -0.2) is 0 Å². The van der Waals surface area contributed by atoms with E-state index in [4.69, 9.17) is 0 Å². The van der Waals surface area contributed by atoms with E-state index in [0.29, 0.717) is 6.42 Å². The third-order valence-electron chi connectivity index (χ3n) is 1.99. The molecule has 1 rings (SSSR count). The van der Waals surface area contributed by atoms with Gasteiger partial charge in [-0.15, -0.1) is 0 Å². The van der Waals surface area contributed by atoms with Crippen molar-refractivity contribution in [3.63, 3.8) is 0 Å². The predicted molar refractivity (Wildman–Crippen MR) is 60.9 cm³/mol. The summed E-state index contributed by atoms with van der Waals surface area (Å²) in [7, 11) is 0. The van der Waals surface area contributed by atoms with E-state index in [9.17, 15) is 4.79 Å². The molecule has 0 aliphatic carbocycles. The van der Waals surface area contributed by atoms with Crippen molar-refractivity contribution >= 4 is 5.91 Å².